The number of hydrogen-bond donors (Lipinski definition) is 3. The summed E-state index contributed by atoms with van der Waals surface area (Å²) in [5.74, 6) is 1.06. The van der Waals surface area contributed by atoms with E-state index in [0.717, 1.165) is 47.4 Å². The standard InChI is InChI=1S/C42H50N2O5S2/c1-27-7-12-33(51-27)36(46)32-25-40-20-21-42(32)34(38(40,2)17-13-29(45)24-40)14-18-39(3)35(42)15-19-41(39,48)26-44(22-16-31-6-5-23-50-31)37(47)43-28-8-10-30(49-4)11-9-28/h5-12,20-21,23,25,29,34-35,45,48H,13-19,22,24,26H2,1-4H3,(H,43,47)/t29?,34-,35-,38-,39+,40+,41-,42-/m1/s1. The number of ketones is 1. The van der Waals surface area contributed by atoms with Crippen LogP contribution in [0.15, 0.2) is 77.7 Å². The molecule has 9 rings (SSSR count). The predicted octanol–water partition coefficient (Wildman–Crippen LogP) is 8.68. The highest BCUT2D eigenvalue weighted by Gasteiger charge is 2.74. The van der Waals surface area contributed by atoms with Gasteiger partial charge >= 0.3 is 6.03 Å². The lowest BCUT2D eigenvalue weighted by Gasteiger charge is -2.71. The number of carbonyl (C=O) groups excluding carboxylic acids is 2. The van der Waals surface area contributed by atoms with E-state index in [-0.39, 0.29) is 47.1 Å². The van der Waals surface area contributed by atoms with Gasteiger partial charge in [0, 0.05) is 43.8 Å². The van der Waals surface area contributed by atoms with Crippen molar-refractivity contribution < 1.29 is 24.5 Å². The minimum absolute atomic E-state index is 0.0204. The van der Waals surface area contributed by atoms with E-state index >= 15 is 0 Å². The number of nitrogens with zero attached hydrogens (tertiary/aromatic N) is 1. The van der Waals surface area contributed by atoms with Crippen molar-refractivity contribution in [1.82, 2.24) is 4.90 Å². The Morgan fingerprint density at radius 3 is 2.43 bits per heavy atom. The number of Topliss-reactive ketones (excluding diaryl/α,β-unsaturated/α-hetero) is 1. The van der Waals surface area contributed by atoms with E-state index < -0.39 is 16.4 Å². The number of thiophene rings is 2. The summed E-state index contributed by atoms with van der Waals surface area (Å²) in [4.78, 5) is 33.7. The van der Waals surface area contributed by atoms with Gasteiger partial charge in [0.1, 0.15) is 5.75 Å². The molecule has 270 valence electrons. The molecule has 2 aromatic heterocycles. The van der Waals surface area contributed by atoms with Gasteiger partial charge in [0.25, 0.3) is 0 Å². The second-order valence-electron chi connectivity index (χ2n) is 16.5. The number of nitrogens with one attached hydrogen (secondary N) is 1. The maximum absolute atomic E-state index is 14.8. The number of rotatable bonds is 9. The van der Waals surface area contributed by atoms with Crippen LogP contribution in [0, 0.1) is 40.4 Å². The topological polar surface area (TPSA) is 99.1 Å². The molecule has 6 aliphatic carbocycles. The van der Waals surface area contributed by atoms with Gasteiger partial charge in [-0.3, -0.25) is 4.79 Å². The molecule has 0 radical (unpaired) electrons. The molecule has 9 heteroatoms. The number of aryl methyl sites for hydroxylation is 1. The van der Waals surface area contributed by atoms with Crippen LogP contribution >= 0.6 is 22.7 Å². The molecule has 2 heterocycles. The van der Waals surface area contributed by atoms with Crippen LogP contribution in [-0.4, -0.2) is 58.8 Å². The number of carbonyl (C=O) groups is 2. The lowest BCUT2D eigenvalue weighted by Crippen LogP contribution is -2.67. The monoisotopic (exact) mass is 726 g/mol. The molecule has 0 saturated heterocycles. The van der Waals surface area contributed by atoms with Crippen LogP contribution < -0.4 is 10.1 Å². The highest BCUT2D eigenvalue weighted by Crippen LogP contribution is 2.78. The van der Waals surface area contributed by atoms with E-state index in [9.17, 15) is 19.8 Å². The summed E-state index contributed by atoms with van der Waals surface area (Å²) in [6.07, 6.45) is 12.7. The number of benzene rings is 1. The first kappa shape index (κ1) is 34.8. The fourth-order valence-electron chi connectivity index (χ4n) is 11.4. The van der Waals surface area contributed by atoms with E-state index in [4.69, 9.17) is 4.74 Å². The van der Waals surface area contributed by atoms with Crippen LogP contribution in [0.5, 0.6) is 5.75 Å². The van der Waals surface area contributed by atoms with Crippen molar-refractivity contribution in [3.63, 3.8) is 0 Å². The number of fused-ring (bicyclic) bond motifs is 1. The Hall–Kier alpha value is -3.24. The summed E-state index contributed by atoms with van der Waals surface area (Å²) in [7, 11) is 1.62. The van der Waals surface area contributed by atoms with Gasteiger partial charge in [0.05, 0.1) is 30.2 Å². The third kappa shape index (κ3) is 5.24. The zero-order valence-corrected chi connectivity index (χ0v) is 31.7. The number of methoxy groups -OCH3 is 1. The normalized spacial score (nSPS) is 36.1. The summed E-state index contributed by atoms with van der Waals surface area (Å²) < 4.78 is 5.32. The Labute approximate surface area is 309 Å². The Kier molecular flexibility index (Phi) is 8.49. The zero-order valence-electron chi connectivity index (χ0n) is 30.1. The smallest absolute Gasteiger partial charge is 0.321 e. The molecule has 51 heavy (non-hydrogen) atoms. The molecule has 0 aliphatic heterocycles. The molecule has 3 aromatic rings. The fourth-order valence-corrected chi connectivity index (χ4v) is 13.0. The molecule has 3 fully saturated rings. The number of urea groups is 1. The first-order chi connectivity index (χ1) is 24.4. The molecule has 7 nitrogen and oxygen atoms in total. The fraction of sp³-hybridized carbons (Fsp3) is 0.524. The number of ether oxygens (including phenoxy) is 1. The molecular weight excluding hydrogens is 677 g/mol. The van der Waals surface area contributed by atoms with Gasteiger partial charge in [0.2, 0.25) is 0 Å². The van der Waals surface area contributed by atoms with Gasteiger partial charge in [-0.05, 0) is 123 Å². The Balaban J connectivity index is 1.16. The molecular formula is C42H50N2O5S2. The number of anilines is 1. The summed E-state index contributed by atoms with van der Waals surface area (Å²) in [5, 5.41) is 29.2. The van der Waals surface area contributed by atoms with Crippen LogP contribution in [0.2, 0.25) is 0 Å². The van der Waals surface area contributed by atoms with Crippen LogP contribution in [-0.2, 0) is 6.42 Å². The summed E-state index contributed by atoms with van der Waals surface area (Å²) >= 11 is 3.23. The lowest BCUT2D eigenvalue weighted by molar-refractivity contribution is -0.174. The van der Waals surface area contributed by atoms with E-state index in [1.54, 1.807) is 29.8 Å². The number of amides is 2. The summed E-state index contributed by atoms with van der Waals surface area (Å²) in [5.41, 5.74) is -1.14. The maximum Gasteiger partial charge on any atom is 0.321 e. The average molecular weight is 727 g/mol. The van der Waals surface area contributed by atoms with Crippen LogP contribution in [0.3, 0.4) is 0 Å². The van der Waals surface area contributed by atoms with Gasteiger partial charge in [-0.25, -0.2) is 4.79 Å². The van der Waals surface area contributed by atoms with Crippen molar-refractivity contribution in [3.05, 3.63) is 92.3 Å². The molecule has 2 spiro atoms. The predicted molar refractivity (Wildman–Crippen MR) is 204 cm³/mol. The maximum atomic E-state index is 14.8. The van der Waals surface area contributed by atoms with E-state index in [1.807, 2.05) is 54.3 Å². The Morgan fingerprint density at radius 2 is 1.73 bits per heavy atom. The van der Waals surface area contributed by atoms with Gasteiger partial charge in [-0.1, -0.05) is 38.1 Å². The SMILES string of the molecule is COc1ccc(NC(=O)N(CCc2cccs2)C[C@]2(O)CC[C@H]3[C@]45C=C[C@@]6(C=C4C(=O)c4ccc(C)s4)CC(O)CC[C@]6(C)[C@H]5CC[C@@]32C)cc1. The van der Waals surface area contributed by atoms with E-state index in [2.05, 4.69) is 48.8 Å². The summed E-state index contributed by atoms with van der Waals surface area (Å²) in [6, 6.07) is 15.2. The van der Waals surface area contributed by atoms with Crippen LogP contribution in [0.4, 0.5) is 10.5 Å². The quantitative estimate of drug-likeness (QED) is 0.151. The Morgan fingerprint density at radius 1 is 0.980 bits per heavy atom. The molecule has 8 atom stereocenters. The molecule has 1 unspecified atom stereocenters. The Bertz CT molecular complexity index is 1880. The molecule has 3 N–H and O–H groups in total. The number of hydrogen-bond acceptors (Lipinski definition) is 7. The first-order valence-electron chi connectivity index (χ1n) is 18.5. The molecule has 3 saturated carbocycles. The zero-order chi connectivity index (χ0) is 35.8. The second kappa shape index (κ2) is 12.4. The van der Waals surface area contributed by atoms with Gasteiger partial charge in [-0.2, -0.15) is 0 Å². The van der Waals surface area contributed by atoms with Crippen LogP contribution in [0.25, 0.3) is 0 Å². The van der Waals surface area contributed by atoms with E-state index in [1.165, 1.54) is 4.88 Å². The highest BCUT2D eigenvalue weighted by molar-refractivity contribution is 7.14. The lowest BCUT2D eigenvalue weighted by atomic mass is 9.32. The molecule has 1 aromatic carbocycles. The minimum Gasteiger partial charge on any atom is -0.497 e. The van der Waals surface area contributed by atoms with Crippen molar-refractivity contribution in [2.24, 2.45) is 33.5 Å². The van der Waals surface area contributed by atoms with Crippen molar-refractivity contribution in [2.75, 3.05) is 25.5 Å². The first-order valence-corrected chi connectivity index (χ1v) is 20.2. The third-order valence-corrected chi connectivity index (χ3v) is 16.1. The van der Waals surface area contributed by atoms with E-state index in [0.29, 0.717) is 37.2 Å². The van der Waals surface area contributed by atoms with Crippen molar-refractivity contribution >= 4 is 40.2 Å². The highest BCUT2D eigenvalue weighted by atomic mass is 32.1. The average Bonchev–Trinajstić information content (AvgIpc) is 3.86. The number of aliphatic hydroxyl groups is 2. The largest absolute Gasteiger partial charge is 0.497 e. The molecule has 6 aliphatic rings. The van der Waals surface area contributed by atoms with Crippen molar-refractivity contribution in [2.45, 2.75) is 83.8 Å². The molecule has 2 bridgehead atoms. The minimum atomic E-state index is -1.15. The number of allylic oxidation sites excluding steroid dienone is 4. The van der Waals surface area contributed by atoms with Crippen molar-refractivity contribution in [1.29, 1.82) is 0 Å². The third-order valence-electron chi connectivity index (χ3n) is 14.2. The second-order valence-corrected chi connectivity index (χ2v) is 18.8. The van der Waals surface area contributed by atoms with Crippen molar-refractivity contribution in [3.8, 4) is 5.75 Å². The number of aliphatic hydroxyl groups excluding tert-OH is 1. The summed E-state index contributed by atoms with van der Waals surface area (Å²) in [6.45, 7) is 7.38. The van der Waals surface area contributed by atoms with Gasteiger partial charge in [-0.15, -0.1) is 22.7 Å². The van der Waals surface area contributed by atoms with Gasteiger partial charge < -0.3 is 25.2 Å². The van der Waals surface area contributed by atoms with Gasteiger partial charge in [0.15, 0.2) is 5.78 Å². The molecule has 2 amide bonds. The van der Waals surface area contributed by atoms with Crippen LogP contribution in [0.1, 0.15) is 78.2 Å².